The standard InChI is InChI=1S/C14H23N5OS/c1-3-15-13(16-6-5-8-20-4-2)17-10-12-11-19-7-9-21-14(19)18-12/h7,9,11H,3-6,8,10H2,1-2H3,(H2,15,16,17). The molecular weight excluding hydrogens is 286 g/mol. The van der Waals surface area contributed by atoms with Crippen molar-refractivity contribution in [1.82, 2.24) is 20.0 Å². The first kappa shape index (κ1) is 15.8. The van der Waals surface area contributed by atoms with Gasteiger partial charge >= 0.3 is 0 Å². The molecule has 2 rings (SSSR count). The Morgan fingerprint density at radius 1 is 1.43 bits per heavy atom. The van der Waals surface area contributed by atoms with Crippen LogP contribution in [0.4, 0.5) is 0 Å². The average molecular weight is 309 g/mol. The molecule has 0 aliphatic heterocycles. The van der Waals surface area contributed by atoms with Crippen molar-refractivity contribution in [2.45, 2.75) is 26.8 Å². The summed E-state index contributed by atoms with van der Waals surface area (Å²) in [7, 11) is 0. The lowest BCUT2D eigenvalue weighted by Gasteiger charge is -2.10. The third kappa shape index (κ3) is 5.02. The number of guanidine groups is 1. The minimum absolute atomic E-state index is 0.579. The summed E-state index contributed by atoms with van der Waals surface area (Å²) in [4.78, 5) is 10.1. The summed E-state index contributed by atoms with van der Waals surface area (Å²) in [5, 5.41) is 8.57. The second kappa shape index (κ2) is 8.63. The molecule has 0 saturated carbocycles. The van der Waals surface area contributed by atoms with Crippen molar-refractivity contribution < 1.29 is 4.74 Å². The molecule has 6 nitrogen and oxygen atoms in total. The highest BCUT2D eigenvalue weighted by molar-refractivity contribution is 7.15. The number of nitrogens with zero attached hydrogens (tertiary/aromatic N) is 3. The zero-order valence-electron chi connectivity index (χ0n) is 12.6. The predicted octanol–water partition coefficient (Wildman–Crippen LogP) is 1.88. The molecule has 2 aromatic rings. The van der Waals surface area contributed by atoms with Gasteiger partial charge in [0.05, 0.1) is 12.2 Å². The number of hydrogen-bond donors (Lipinski definition) is 2. The van der Waals surface area contributed by atoms with Crippen LogP contribution in [0, 0.1) is 0 Å². The number of nitrogens with one attached hydrogen (secondary N) is 2. The van der Waals surface area contributed by atoms with Gasteiger partial charge < -0.3 is 15.4 Å². The van der Waals surface area contributed by atoms with E-state index in [0.29, 0.717) is 6.54 Å². The Kier molecular flexibility index (Phi) is 6.49. The fourth-order valence-corrected chi connectivity index (χ4v) is 2.60. The highest BCUT2D eigenvalue weighted by Crippen LogP contribution is 2.11. The van der Waals surface area contributed by atoms with Crippen molar-refractivity contribution in [2.24, 2.45) is 4.99 Å². The van der Waals surface area contributed by atoms with Gasteiger partial charge in [0.15, 0.2) is 10.9 Å². The number of ether oxygens (including phenoxy) is 1. The van der Waals surface area contributed by atoms with E-state index in [2.05, 4.69) is 27.5 Å². The number of thiazole rings is 1. The lowest BCUT2D eigenvalue weighted by molar-refractivity contribution is 0.145. The number of hydrogen-bond acceptors (Lipinski definition) is 4. The zero-order chi connectivity index (χ0) is 14.9. The molecule has 0 radical (unpaired) electrons. The van der Waals surface area contributed by atoms with Crippen molar-refractivity contribution in [2.75, 3.05) is 26.3 Å². The van der Waals surface area contributed by atoms with E-state index < -0.39 is 0 Å². The smallest absolute Gasteiger partial charge is 0.193 e. The van der Waals surface area contributed by atoms with Crippen molar-refractivity contribution in [3.05, 3.63) is 23.5 Å². The topological polar surface area (TPSA) is 63.0 Å². The van der Waals surface area contributed by atoms with Gasteiger partial charge in [-0.3, -0.25) is 4.40 Å². The SMILES string of the molecule is CCNC(=NCc1cn2ccsc2n1)NCCCOCC. The van der Waals surface area contributed by atoms with Gasteiger partial charge in [-0.1, -0.05) is 0 Å². The molecule has 0 aliphatic rings. The van der Waals surface area contributed by atoms with Crippen molar-refractivity contribution >= 4 is 22.3 Å². The van der Waals surface area contributed by atoms with Crippen LogP contribution in [0.5, 0.6) is 0 Å². The van der Waals surface area contributed by atoms with Crippen LogP contribution in [-0.4, -0.2) is 41.6 Å². The molecule has 0 bridgehead atoms. The molecule has 21 heavy (non-hydrogen) atoms. The van der Waals surface area contributed by atoms with E-state index >= 15 is 0 Å². The molecule has 7 heteroatoms. The van der Waals surface area contributed by atoms with Gasteiger partial charge in [0.1, 0.15) is 0 Å². The largest absolute Gasteiger partial charge is 0.382 e. The molecule has 0 unspecified atom stereocenters. The Labute approximate surface area is 129 Å². The first-order valence-corrected chi connectivity index (χ1v) is 8.22. The average Bonchev–Trinajstić information content (AvgIpc) is 3.05. The molecule has 0 amide bonds. The van der Waals surface area contributed by atoms with Crippen LogP contribution >= 0.6 is 11.3 Å². The van der Waals surface area contributed by atoms with Gasteiger partial charge in [0.2, 0.25) is 0 Å². The molecular formula is C14H23N5OS. The fourth-order valence-electron chi connectivity index (χ4n) is 1.88. The summed E-state index contributed by atoms with van der Waals surface area (Å²) < 4.78 is 7.34. The minimum atomic E-state index is 0.579. The molecule has 2 N–H and O–H groups in total. The van der Waals surface area contributed by atoms with Gasteiger partial charge in [-0.15, -0.1) is 11.3 Å². The van der Waals surface area contributed by atoms with Crippen LogP contribution < -0.4 is 10.6 Å². The third-order valence-corrected chi connectivity index (χ3v) is 3.62. The van der Waals surface area contributed by atoms with Crippen LogP contribution in [0.1, 0.15) is 26.0 Å². The Balaban J connectivity index is 1.83. The summed E-state index contributed by atoms with van der Waals surface area (Å²) in [6, 6.07) is 0. The van der Waals surface area contributed by atoms with Gasteiger partial charge in [-0.2, -0.15) is 0 Å². The van der Waals surface area contributed by atoms with E-state index in [-0.39, 0.29) is 0 Å². The van der Waals surface area contributed by atoms with Crippen molar-refractivity contribution in [3.63, 3.8) is 0 Å². The molecule has 0 aliphatic carbocycles. The number of imidazole rings is 1. The van der Waals surface area contributed by atoms with Crippen molar-refractivity contribution in [1.29, 1.82) is 0 Å². The molecule has 0 fully saturated rings. The fraction of sp³-hybridized carbons (Fsp3) is 0.571. The Morgan fingerprint density at radius 2 is 2.33 bits per heavy atom. The Morgan fingerprint density at radius 3 is 3.10 bits per heavy atom. The summed E-state index contributed by atoms with van der Waals surface area (Å²) in [6.45, 7) is 7.89. The van der Waals surface area contributed by atoms with Crippen LogP contribution in [-0.2, 0) is 11.3 Å². The maximum Gasteiger partial charge on any atom is 0.193 e. The van der Waals surface area contributed by atoms with Gasteiger partial charge in [-0.25, -0.2) is 9.98 Å². The number of aliphatic imine (C=N–C) groups is 1. The van der Waals surface area contributed by atoms with Crippen molar-refractivity contribution in [3.8, 4) is 0 Å². The van der Waals surface area contributed by atoms with Crippen LogP contribution in [0.25, 0.3) is 4.96 Å². The summed E-state index contributed by atoms with van der Waals surface area (Å²) in [5.74, 6) is 0.824. The van der Waals surface area contributed by atoms with E-state index in [1.807, 2.05) is 29.1 Å². The van der Waals surface area contributed by atoms with E-state index in [9.17, 15) is 0 Å². The monoisotopic (exact) mass is 309 g/mol. The lowest BCUT2D eigenvalue weighted by Crippen LogP contribution is -2.38. The van der Waals surface area contributed by atoms with E-state index in [1.165, 1.54) is 0 Å². The maximum atomic E-state index is 5.32. The summed E-state index contributed by atoms with van der Waals surface area (Å²) in [5.41, 5.74) is 0.980. The van der Waals surface area contributed by atoms with Gasteiger partial charge in [-0.05, 0) is 20.3 Å². The highest BCUT2D eigenvalue weighted by Gasteiger charge is 2.02. The highest BCUT2D eigenvalue weighted by atomic mass is 32.1. The molecule has 2 heterocycles. The maximum absolute atomic E-state index is 5.32. The third-order valence-electron chi connectivity index (χ3n) is 2.85. The first-order chi connectivity index (χ1) is 10.3. The first-order valence-electron chi connectivity index (χ1n) is 7.34. The van der Waals surface area contributed by atoms with Crippen LogP contribution in [0.2, 0.25) is 0 Å². The van der Waals surface area contributed by atoms with E-state index in [1.54, 1.807) is 11.3 Å². The molecule has 0 saturated heterocycles. The molecule has 0 spiro atoms. The molecule has 0 atom stereocenters. The normalized spacial score (nSPS) is 12.0. The van der Waals surface area contributed by atoms with Gasteiger partial charge in [0.25, 0.3) is 0 Å². The number of aromatic nitrogens is 2. The van der Waals surface area contributed by atoms with E-state index in [0.717, 1.165) is 49.3 Å². The quantitative estimate of drug-likeness (QED) is 0.444. The van der Waals surface area contributed by atoms with Crippen LogP contribution in [0.3, 0.4) is 0 Å². The number of rotatable bonds is 8. The Hall–Kier alpha value is -1.60. The van der Waals surface area contributed by atoms with E-state index in [4.69, 9.17) is 4.74 Å². The Bertz CT molecular complexity index is 534. The molecule has 0 aromatic carbocycles. The number of fused-ring (bicyclic) bond motifs is 1. The summed E-state index contributed by atoms with van der Waals surface area (Å²) >= 11 is 1.63. The second-order valence-electron chi connectivity index (χ2n) is 4.50. The minimum Gasteiger partial charge on any atom is -0.382 e. The zero-order valence-corrected chi connectivity index (χ0v) is 13.4. The summed E-state index contributed by atoms with van der Waals surface area (Å²) in [6.07, 6.45) is 5.00. The molecule has 116 valence electrons. The van der Waals surface area contributed by atoms with Gasteiger partial charge in [0, 0.05) is 44.1 Å². The second-order valence-corrected chi connectivity index (χ2v) is 5.37. The lowest BCUT2D eigenvalue weighted by atomic mass is 10.4. The van der Waals surface area contributed by atoms with Crippen LogP contribution in [0.15, 0.2) is 22.8 Å². The predicted molar refractivity (Wildman–Crippen MR) is 87.0 cm³/mol. The molecule has 2 aromatic heterocycles.